The number of benzene rings is 1. The first-order valence-corrected chi connectivity index (χ1v) is 13.9. The van der Waals surface area contributed by atoms with Gasteiger partial charge in [0.2, 0.25) is 5.91 Å². The summed E-state index contributed by atoms with van der Waals surface area (Å²) in [6.45, 7) is 12.7. The zero-order valence-electron chi connectivity index (χ0n) is 23.8. The average Bonchev–Trinajstić information content (AvgIpc) is 2.90. The third-order valence-electron chi connectivity index (χ3n) is 7.37. The molecule has 9 nitrogen and oxygen atoms in total. The van der Waals surface area contributed by atoms with Crippen molar-refractivity contribution in [3.05, 3.63) is 47.7 Å². The van der Waals surface area contributed by atoms with Crippen LogP contribution in [0.5, 0.6) is 0 Å². The number of nitrogens with one attached hydrogen (secondary N) is 3. The van der Waals surface area contributed by atoms with Gasteiger partial charge in [-0.3, -0.25) is 19.4 Å². The van der Waals surface area contributed by atoms with E-state index in [4.69, 9.17) is 9.72 Å². The minimum absolute atomic E-state index is 0.0173. The van der Waals surface area contributed by atoms with Gasteiger partial charge < -0.3 is 15.4 Å². The first-order chi connectivity index (χ1) is 18.4. The molecule has 39 heavy (non-hydrogen) atoms. The van der Waals surface area contributed by atoms with Crippen LogP contribution >= 0.6 is 0 Å². The Morgan fingerprint density at radius 2 is 1.85 bits per heavy atom. The smallest absolute Gasteiger partial charge is 0.325 e. The SMILES string of the molecule is CC(C)[C@@H]1NCC(C)(C)/C=C/c2ccc3ccc(nc3c2)[C@@H](C)OC(=O)[C@@H]2CCCN(N2)C(=O)[C@H](C)NC1=O. The quantitative estimate of drug-likeness (QED) is 0.479. The van der Waals surface area contributed by atoms with Crippen LogP contribution in [0.2, 0.25) is 0 Å². The van der Waals surface area contributed by atoms with Crippen molar-refractivity contribution < 1.29 is 19.1 Å². The summed E-state index contributed by atoms with van der Waals surface area (Å²) < 4.78 is 5.77. The lowest BCUT2D eigenvalue weighted by molar-refractivity contribution is -0.157. The van der Waals surface area contributed by atoms with Crippen molar-refractivity contribution in [1.82, 2.24) is 26.1 Å². The van der Waals surface area contributed by atoms with Gasteiger partial charge in [0.1, 0.15) is 18.2 Å². The summed E-state index contributed by atoms with van der Waals surface area (Å²) in [6, 6.07) is 8.07. The molecule has 0 saturated carbocycles. The Hall–Kier alpha value is -3.30. The summed E-state index contributed by atoms with van der Waals surface area (Å²) in [5.74, 6) is -0.942. The largest absolute Gasteiger partial charge is 0.455 e. The Bertz CT molecular complexity index is 1260. The Morgan fingerprint density at radius 3 is 2.59 bits per heavy atom. The number of rotatable bonds is 1. The Balaban J connectivity index is 1.67. The number of fused-ring (bicyclic) bond motifs is 4. The van der Waals surface area contributed by atoms with E-state index in [2.05, 4.69) is 42.1 Å². The average molecular weight is 536 g/mol. The van der Waals surface area contributed by atoms with E-state index in [0.29, 0.717) is 31.6 Å². The lowest BCUT2D eigenvalue weighted by Gasteiger charge is -2.35. The molecule has 4 atom stereocenters. The van der Waals surface area contributed by atoms with Crippen LogP contribution in [0.4, 0.5) is 0 Å². The summed E-state index contributed by atoms with van der Waals surface area (Å²) in [5.41, 5.74) is 5.26. The lowest BCUT2D eigenvalue weighted by Crippen LogP contribution is -2.61. The lowest BCUT2D eigenvalue weighted by atomic mass is 9.90. The van der Waals surface area contributed by atoms with Crippen LogP contribution in [0.15, 0.2) is 36.4 Å². The van der Waals surface area contributed by atoms with Gasteiger partial charge in [-0.25, -0.2) is 10.4 Å². The van der Waals surface area contributed by atoms with E-state index in [1.165, 1.54) is 5.01 Å². The Kier molecular flexibility index (Phi) is 8.71. The van der Waals surface area contributed by atoms with E-state index in [0.717, 1.165) is 16.5 Å². The number of esters is 1. The molecule has 0 radical (unpaired) electrons. The van der Waals surface area contributed by atoms with E-state index in [9.17, 15) is 14.4 Å². The van der Waals surface area contributed by atoms with E-state index in [1.54, 1.807) is 13.8 Å². The standard InChI is InChI=1S/C30H41N5O4/c1-18(2)26-27(36)32-19(3)28(37)35-15-7-8-24(34-35)29(38)39-20(4)23-12-11-22-10-9-21(16-25(22)33-23)13-14-30(5,6)17-31-26/h9-14,16,18-20,24,26,31,34H,7-8,15,17H2,1-6H3,(H,32,36)/b14-13+/t19-,20+,24-,26-/m0/s1. The number of carbonyl (C=O) groups is 3. The molecule has 1 aromatic carbocycles. The molecule has 1 fully saturated rings. The highest BCUT2D eigenvalue weighted by Gasteiger charge is 2.34. The number of cyclic esters (lactones) is 1. The van der Waals surface area contributed by atoms with E-state index in [-0.39, 0.29) is 23.1 Å². The summed E-state index contributed by atoms with van der Waals surface area (Å²) >= 11 is 0. The number of pyridine rings is 1. The number of aromatic nitrogens is 1. The zero-order valence-corrected chi connectivity index (χ0v) is 23.8. The Morgan fingerprint density at radius 1 is 1.10 bits per heavy atom. The molecule has 2 aliphatic rings. The number of ether oxygens (including phenoxy) is 1. The molecule has 1 saturated heterocycles. The van der Waals surface area contributed by atoms with Crippen LogP contribution in [0.1, 0.15) is 71.7 Å². The number of hydrogen-bond donors (Lipinski definition) is 3. The van der Waals surface area contributed by atoms with Gasteiger partial charge in [0.15, 0.2) is 0 Å². The molecule has 2 aliphatic heterocycles. The van der Waals surface area contributed by atoms with Gasteiger partial charge >= 0.3 is 5.97 Å². The first-order valence-electron chi connectivity index (χ1n) is 13.9. The fourth-order valence-electron chi connectivity index (χ4n) is 4.90. The maximum atomic E-state index is 13.2. The van der Waals surface area contributed by atoms with Gasteiger partial charge in [0.25, 0.3) is 5.91 Å². The van der Waals surface area contributed by atoms with Crippen molar-refractivity contribution >= 4 is 34.8 Å². The second-order valence-corrected chi connectivity index (χ2v) is 11.7. The van der Waals surface area contributed by atoms with Crippen LogP contribution in [0.3, 0.4) is 0 Å². The minimum Gasteiger partial charge on any atom is -0.455 e. The van der Waals surface area contributed by atoms with Crippen molar-refractivity contribution in [3.8, 4) is 0 Å². The molecule has 0 unspecified atom stereocenters. The number of hydrazine groups is 1. The van der Waals surface area contributed by atoms with Crippen LogP contribution in [0, 0.1) is 11.3 Å². The number of nitrogens with zero attached hydrogens (tertiary/aromatic N) is 2. The normalized spacial score (nSPS) is 27.8. The number of amides is 2. The van der Waals surface area contributed by atoms with Gasteiger partial charge in [-0.2, -0.15) is 0 Å². The van der Waals surface area contributed by atoms with E-state index in [1.807, 2.05) is 44.2 Å². The predicted molar refractivity (Wildman–Crippen MR) is 151 cm³/mol. The van der Waals surface area contributed by atoms with Gasteiger partial charge in [-0.15, -0.1) is 0 Å². The fourth-order valence-corrected chi connectivity index (χ4v) is 4.90. The van der Waals surface area contributed by atoms with E-state index >= 15 is 0 Å². The van der Waals surface area contributed by atoms with Crippen LogP contribution < -0.4 is 16.1 Å². The van der Waals surface area contributed by atoms with Gasteiger partial charge in [-0.1, -0.05) is 58.0 Å². The number of hydrogen-bond acceptors (Lipinski definition) is 7. The monoisotopic (exact) mass is 535 g/mol. The summed E-state index contributed by atoms with van der Waals surface area (Å²) in [4.78, 5) is 44.2. The van der Waals surface area contributed by atoms with Crippen molar-refractivity contribution in [2.24, 2.45) is 11.3 Å². The minimum atomic E-state index is -0.758. The summed E-state index contributed by atoms with van der Waals surface area (Å²) in [7, 11) is 0. The molecule has 2 aromatic rings. The molecular weight excluding hydrogens is 494 g/mol. The topological polar surface area (TPSA) is 113 Å². The maximum Gasteiger partial charge on any atom is 0.325 e. The van der Waals surface area contributed by atoms with Crippen molar-refractivity contribution in [2.75, 3.05) is 13.1 Å². The van der Waals surface area contributed by atoms with Gasteiger partial charge in [0.05, 0.1) is 17.3 Å². The highest BCUT2D eigenvalue weighted by molar-refractivity contribution is 5.90. The molecule has 9 heteroatoms. The summed E-state index contributed by atoms with van der Waals surface area (Å²) in [5, 5.41) is 8.71. The van der Waals surface area contributed by atoms with Gasteiger partial charge in [0, 0.05) is 18.5 Å². The molecular formula is C30H41N5O4. The highest BCUT2D eigenvalue weighted by Crippen LogP contribution is 2.24. The number of carbonyl (C=O) groups excluding carboxylic acids is 3. The molecule has 3 N–H and O–H groups in total. The highest BCUT2D eigenvalue weighted by atomic mass is 16.5. The zero-order chi connectivity index (χ0) is 28.3. The molecule has 1 aromatic heterocycles. The molecule has 0 spiro atoms. The van der Waals surface area contributed by atoms with Crippen molar-refractivity contribution in [1.29, 1.82) is 0 Å². The van der Waals surface area contributed by atoms with Crippen LogP contribution in [0.25, 0.3) is 17.0 Å². The fraction of sp³-hybridized carbons (Fsp3) is 0.533. The van der Waals surface area contributed by atoms with Crippen molar-refractivity contribution in [2.45, 2.75) is 78.6 Å². The Labute approximate surface area is 230 Å². The van der Waals surface area contributed by atoms with E-state index < -0.39 is 30.2 Å². The van der Waals surface area contributed by atoms with Crippen molar-refractivity contribution in [3.63, 3.8) is 0 Å². The third kappa shape index (κ3) is 7.02. The van der Waals surface area contributed by atoms with Gasteiger partial charge in [-0.05, 0) is 55.7 Å². The maximum absolute atomic E-state index is 13.2. The van der Waals surface area contributed by atoms with Crippen LogP contribution in [-0.2, 0) is 19.1 Å². The molecule has 2 amide bonds. The molecule has 5 bridgehead atoms. The second-order valence-electron chi connectivity index (χ2n) is 11.7. The first kappa shape index (κ1) is 28.7. The summed E-state index contributed by atoms with van der Waals surface area (Å²) in [6.07, 6.45) is 4.82. The molecule has 4 rings (SSSR count). The third-order valence-corrected chi connectivity index (χ3v) is 7.37. The second kappa shape index (κ2) is 11.8. The predicted octanol–water partition coefficient (Wildman–Crippen LogP) is 3.51. The van der Waals surface area contributed by atoms with Crippen LogP contribution in [-0.4, -0.2) is 59.0 Å². The molecule has 3 heterocycles. The molecule has 0 aliphatic carbocycles. The molecule has 210 valence electrons.